The molecule has 13 rings (SSSR count). The summed E-state index contributed by atoms with van der Waals surface area (Å²) in [5, 5.41) is 21.0. The Labute approximate surface area is 335 Å². The molecular formula is C58H34. The van der Waals surface area contributed by atoms with Crippen molar-refractivity contribution in [1.82, 2.24) is 0 Å². The van der Waals surface area contributed by atoms with Crippen LogP contribution in [0, 0.1) is 0 Å². The summed E-state index contributed by atoms with van der Waals surface area (Å²) in [4.78, 5) is 0. The molecule has 266 valence electrons. The van der Waals surface area contributed by atoms with Crippen molar-refractivity contribution < 1.29 is 0 Å². The average Bonchev–Trinajstić information content (AvgIpc) is 3.79. The molecule has 0 unspecified atom stereocenters. The number of hydrogen-bond acceptors (Lipinski definition) is 0. The first-order chi connectivity index (χ1) is 28.8. The normalized spacial score (nSPS) is 12.1. The maximum absolute atomic E-state index is 2.54. The third-order valence-electron chi connectivity index (χ3n) is 12.9. The Bertz CT molecular complexity index is 3730. The summed E-state index contributed by atoms with van der Waals surface area (Å²) in [5.41, 5.74) is 10.1. The summed E-state index contributed by atoms with van der Waals surface area (Å²) in [5.74, 6) is 0. The van der Waals surface area contributed by atoms with Crippen LogP contribution in [-0.2, 0) is 0 Å². The van der Waals surface area contributed by atoms with Crippen molar-refractivity contribution in [2.75, 3.05) is 0 Å². The molecule has 58 heavy (non-hydrogen) atoms. The lowest BCUT2D eigenvalue weighted by molar-refractivity contribution is 1.66. The molecule has 0 radical (unpaired) electrons. The van der Waals surface area contributed by atoms with Crippen molar-refractivity contribution in [1.29, 1.82) is 0 Å². The highest BCUT2D eigenvalue weighted by Gasteiger charge is 2.27. The van der Waals surface area contributed by atoms with Crippen molar-refractivity contribution in [2.45, 2.75) is 0 Å². The Hall–Kier alpha value is -7.54. The lowest BCUT2D eigenvalue weighted by atomic mass is 9.84. The van der Waals surface area contributed by atoms with Crippen LogP contribution in [0.4, 0.5) is 0 Å². The highest BCUT2D eigenvalue weighted by Crippen LogP contribution is 2.56. The minimum Gasteiger partial charge on any atom is -0.0622 e. The van der Waals surface area contributed by atoms with E-state index in [9.17, 15) is 0 Å². The predicted molar refractivity (Wildman–Crippen MR) is 251 cm³/mol. The molecule has 0 heteroatoms. The van der Waals surface area contributed by atoms with Gasteiger partial charge in [-0.15, -0.1) is 0 Å². The average molecular weight is 731 g/mol. The summed E-state index contributed by atoms with van der Waals surface area (Å²) in [6.07, 6.45) is 0. The zero-order valence-electron chi connectivity index (χ0n) is 31.6. The van der Waals surface area contributed by atoms with Crippen LogP contribution in [0.3, 0.4) is 0 Å². The molecule has 0 aliphatic carbocycles. The Kier molecular flexibility index (Phi) is 6.54. The van der Waals surface area contributed by atoms with Gasteiger partial charge in [0.2, 0.25) is 0 Å². The second-order valence-corrected chi connectivity index (χ2v) is 15.9. The second-order valence-electron chi connectivity index (χ2n) is 15.9. The zero-order valence-corrected chi connectivity index (χ0v) is 31.6. The molecule has 0 atom stereocenters. The predicted octanol–water partition coefficient (Wildman–Crippen LogP) is 16.5. The number of benzene rings is 11. The Morgan fingerprint density at radius 3 is 1.50 bits per heavy atom. The van der Waals surface area contributed by atoms with Crippen molar-refractivity contribution in [3.63, 3.8) is 0 Å². The van der Waals surface area contributed by atoms with Crippen LogP contribution < -0.4 is 0 Å². The molecule has 0 nitrogen and oxygen atoms in total. The third-order valence-corrected chi connectivity index (χ3v) is 12.9. The molecule has 13 aromatic rings. The molecule has 0 heterocycles. The molecule has 0 N–H and O–H groups in total. The van der Waals surface area contributed by atoms with Crippen LogP contribution in [0.2, 0.25) is 0 Å². The van der Waals surface area contributed by atoms with E-state index in [2.05, 4.69) is 206 Å². The van der Waals surface area contributed by atoms with E-state index < -0.39 is 0 Å². The fourth-order valence-corrected chi connectivity index (χ4v) is 10.6. The molecule has 0 bridgehead atoms. The van der Waals surface area contributed by atoms with Gasteiger partial charge in [0.25, 0.3) is 0 Å². The topological polar surface area (TPSA) is 0 Å². The van der Waals surface area contributed by atoms with Gasteiger partial charge >= 0.3 is 0 Å². The second kappa shape index (κ2) is 12.0. The van der Waals surface area contributed by atoms with Crippen LogP contribution in [0.1, 0.15) is 0 Å². The van der Waals surface area contributed by atoms with Crippen LogP contribution in [-0.4, -0.2) is 0 Å². The monoisotopic (exact) mass is 730 g/mol. The van der Waals surface area contributed by atoms with E-state index in [1.165, 1.54) is 131 Å². The van der Waals surface area contributed by atoms with E-state index in [0.29, 0.717) is 0 Å². The van der Waals surface area contributed by atoms with Gasteiger partial charge in [0.05, 0.1) is 0 Å². The van der Waals surface area contributed by atoms with Gasteiger partial charge in [-0.2, -0.15) is 0 Å². The highest BCUT2D eigenvalue weighted by molar-refractivity contribution is 6.46. The van der Waals surface area contributed by atoms with Crippen molar-refractivity contribution >= 4 is 86.2 Å². The lowest BCUT2D eigenvalue weighted by Crippen LogP contribution is -1.91. The van der Waals surface area contributed by atoms with Crippen molar-refractivity contribution in [3.05, 3.63) is 206 Å². The maximum atomic E-state index is 2.54. The SMILES string of the molecule is c1ccc(-c2ccc3c(c2)c2cccc4c5c(-c6ccccc6)c6c7cc8ccccc8c8c(-c9ccccc9)ccc(c6c(-c6ccccc6)c5cc3c24)c78)cc1. The van der Waals surface area contributed by atoms with Crippen molar-refractivity contribution in [2.24, 2.45) is 0 Å². The minimum absolute atomic E-state index is 1.24. The summed E-state index contributed by atoms with van der Waals surface area (Å²) < 4.78 is 0. The van der Waals surface area contributed by atoms with Gasteiger partial charge in [-0.25, -0.2) is 0 Å². The van der Waals surface area contributed by atoms with Gasteiger partial charge in [-0.05, 0) is 149 Å². The Morgan fingerprint density at radius 2 is 0.759 bits per heavy atom. The molecule has 0 amide bonds. The van der Waals surface area contributed by atoms with Crippen LogP contribution in [0.25, 0.3) is 131 Å². The van der Waals surface area contributed by atoms with Crippen LogP contribution in [0.5, 0.6) is 0 Å². The van der Waals surface area contributed by atoms with E-state index in [0.717, 1.165) is 0 Å². The van der Waals surface area contributed by atoms with E-state index in [1.807, 2.05) is 0 Å². The molecule has 0 aliphatic heterocycles. The van der Waals surface area contributed by atoms with E-state index in [-0.39, 0.29) is 0 Å². The Balaban J connectivity index is 1.31. The van der Waals surface area contributed by atoms with Crippen LogP contribution in [0.15, 0.2) is 206 Å². The van der Waals surface area contributed by atoms with Gasteiger partial charge < -0.3 is 0 Å². The number of fused-ring (bicyclic) bond motifs is 10. The number of hydrogen-bond donors (Lipinski definition) is 0. The van der Waals surface area contributed by atoms with E-state index in [4.69, 9.17) is 0 Å². The molecule has 0 aromatic heterocycles. The van der Waals surface area contributed by atoms with E-state index >= 15 is 0 Å². The first-order valence-electron chi connectivity index (χ1n) is 20.3. The fourth-order valence-electron chi connectivity index (χ4n) is 10.6. The zero-order chi connectivity index (χ0) is 37.9. The van der Waals surface area contributed by atoms with Crippen LogP contribution >= 0.6 is 0 Å². The van der Waals surface area contributed by atoms with E-state index in [1.54, 1.807) is 0 Å². The molecule has 0 aliphatic rings. The summed E-state index contributed by atoms with van der Waals surface area (Å²) >= 11 is 0. The Morgan fingerprint density at radius 1 is 0.190 bits per heavy atom. The quantitative estimate of drug-likeness (QED) is 0.158. The molecule has 0 saturated heterocycles. The standard InChI is InChI=1S/C58H34/c1-5-16-35(17-6-1)39-28-29-43-47(32-39)44-26-15-27-45-53(44)48(43)34-50-51(37-20-9-3-10-21-37)57-46-31-30-42(36-18-7-2-8-19-36)54-41-25-14-13-24-40(41)33-49(56(46)54)58(57)52(55(45)50)38-22-11-4-12-23-38/h1-34H. The fraction of sp³-hybridized carbons (Fsp3) is 0. The lowest BCUT2D eigenvalue weighted by Gasteiger charge is -2.19. The summed E-state index contributed by atoms with van der Waals surface area (Å²) in [6.45, 7) is 0. The van der Waals surface area contributed by atoms with Crippen molar-refractivity contribution in [3.8, 4) is 44.5 Å². The summed E-state index contributed by atoms with van der Waals surface area (Å²) in [6, 6.07) is 76.9. The summed E-state index contributed by atoms with van der Waals surface area (Å²) in [7, 11) is 0. The van der Waals surface area contributed by atoms with Gasteiger partial charge in [0.1, 0.15) is 0 Å². The van der Waals surface area contributed by atoms with Gasteiger partial charge in [0, 0.05) is 0 Å². The maximum Gasteiger partial charge on any atom is -0.000697 e. The molecular weight excluding hydrogens is 697 g/mol. The molecule has 0 saturated carbocycles. The third kappa shape index (κ3) is 4.29. The first kappa shape index (κ1) is 31.6. The van der Waals surface area contributed by atoms with Gasteiger partial charge in [-0.1, -0.05) is 188 Å². The smallest absolute Gasteiger partial charge is 0.000697 e. The highest BCUT2D eigenvalue weighted by atomic mass is 14.3. The molecule has 13 aromatic carbocycles. The largest absolute Gasteiger partial charge is 0.0622 e. The minimum atomic E-state index is 1.24. The van der Waals surface area contributed by atoms with Gasteiger partial charge in [0.15, 0.2) is 0 Å². The first-order valence-corrected chi connectivity index (χ1v) is 20.3. The molecule has 0 fully saturated rings. The molecule has 0 spiro atoms. The van der Waals surface area contributed by atoms with Gasteiger partial charge in [-0.3, -0.25) is 0 Å². The number of rotatable bonds is 4.